The number of nitrogens with zero attached hydrogens (tertiary/aromatic N) is 2. The van der Waals surface area contributed by atoms with Gasteiger partial charge in [0, 0.05) is 23.9 Å². The van der Waals surface area contributed by atoms with Crippen molar-refractivity contribution in [2.24, 2.45) is 4.99 Å². The largest absolute Gasteiger partial charge is 0.416 e. The molecule has 1 atom stereocenters. The van der Waals surface area contributed by atoms with E-state index in [0.717, 1.165) is 17.7 Å². The number of alkyl halides is 3. The highest BCUT2D eigenvalue weighted by Crippen LogP contribution is 2.31. The Bertz CT molecular complexity index is 1230. The fourth-order valence-corrected chi connectivity index (χ4v) is 3.51. The number of amides is 3. The van der Waals surface area contributed by atoms with Gasteiger partial charge in [-0.25, -0.2) is 9.79 Å². The number of fused-ring (bicyclic) bond motifs is 1. The molecule has 4 rings (SSSR count). The van der Waals surface area contributed by atoms with Gasteiger partial charge < -0.3 is 15.5 Å². The van der Waals surface area contributed by atoms with E-state index in [2.05, 4.69) is 15.6 Å². The number of hydrogen-bond donors (Lipinski definition) is 2. The van der Waals surface area contributed by atoms with Crippen molar-refractivity contribution in [2.45, 2.75) is 12.3 Å². The van der Waals surface area contributed by atoms with Gasteiger partial charge in [0.1, 0.15) is 0 Å². The van der Waals surface area contributed by atoms with Crippen molar-refractivity contribution in [1.82, 2.24) is 5.32 Å². The molecule has 1 aliphatic heterocycles. The molecular weight excluding hydrogens is 433 g/mol. The lowest BCUT2D eigenvalue weighted by Gasteiger charge is -2.21. The predicted molar refractivity (Wildman–Crippen MR) is 119 cm³/mol. The molecule has 1 unspecified atom stereocenters. The lowest BCUT2D eigenvalue weighted by atomic mass is 10.0. The van der Waals surface area contributed by atoms with Crippen LogP contribution in [0, 0.1) is 0 Å². The summed E-state index contributed by atoms with van der Waals surface area (Å²) in [5.41, 5.74) is 1.62. The Morgan fingerprint density at radius 2 is 1.67 bits per heavy atom. The number of halogens is 3. The van der Waals surface area contributed by atoms with Crippen LogP contribution in [0.2, 0.25) is 0 Å². The van der Waals surface area contributed by atoms with Crippen LogP contribution < -0.4 is 15.5 Å². The van der Waals surface area contributed by atoms with E-state index in [0.29, 0.717) is 17.0 Å². The Hall–Kier alpha value is -4.14. The Morgan fingerprint density at radius 3 is 2.39 bits per heavy atom. The molecule has 3 amide bonds. The van der Waals surface area contributed by atoms with Gasteiger partial charge in [0.25, 0.3) is 5.91 Å². The van der Waals surface area contributed by atoms with Crippen molar-refractivity contribution in [3.8, 4) is 0 Å². The molecule has 0 aliphatic carbocycles. The zero-order valence-electron chi connectivity index (χ0n) is 17.4. The van der Waals surface area contributed by atoms with Gasteiger partial charge in [-0.1, -0.05) is 54.6 Å². The second-order valence-electron chi connectivity index (χ2n) is 7.34. The molecule has 1 aliphatic rings. The lowest BCUT2D eigenvalue weighted by molar-refractivity contribution is -0.137. The minimum atomic E-state index is -4.55. The number of benzene rings is 3. The number of anilines is 2. The summed E-state index contributed by atoms with van der Waals surface area (Å²) in [5, 5.41) is 4.81. The van der Waals surface area contributed by atoms with Crippen molar-refractivity contribution < 1.29 is 22.8 Å². The van der Waals surface area contributed by atoms with Crippen LogP contribution in [0.15, 0.2) is 83.9 Å². The van der Waals surface area contributed by atoms with Gasteiger partial charge in [-0.3, -0.25) is 4.79 Å². The molecular formula is C24H19F3N4O2. The summed E-state index contributed by atoms with van der Waals surface area (Å²) < 4.78 is 38.9. The number of nitrogens with one attached hydrogen (secondary N) is 2. The van der Waals surface area contributed by atoms with Crippen LogP contribution in [0.25, 0.3) is 0 Å². The van der Waals surface area contributed by atoms with Gasteiger partial charge in [0.2, 0.25) is 6.17 Å². The van der Waals surface area contributed by atoms with Gasteiger partial charge in [-0.15, -0.1) is 0 Å². The Balaban J connectivity index is 1.65. The molecule has 3 aromatic carbocycles. The molecule has 168 valence electrons. The fourth-order valence-electron chi connectivity index (χ4n) is 3.51. The fraction of sp³-hybridized carbons (Fsp3) is 0.125. The molecule has 0 saturated heterocycles. The van der Waals surface area contributed by atoms with E-state index in [1.54, 1.807) is 19.2 Å². The highest BCUT2D eigenvalue weighted by atomic mass is 19.4. The van der Waals surface area contributed by atoms with Crippen LogP contribution >= 0.6 is 0 Å². The van der Waals surface area contributed by atoms with Gasteiger partial charge >= 0.3 is 12.2 Å². The van der Waals surface area contributed by atoms with Crippen LogP contribution in [0.4, 0.5) is 29.3 Å². The number of rotatable bonds is 3. The Labute approximate surface area is 187 Å². The number of carbonyl (C=O) groups excluding carboxylic acids is 2. The first-order chi connectivity index (χ1) is 15.7. The summed E-state index contributed by atoms with van der Waals surface area (Å²) in [4.78, 5) is 31.6. The van der Waals surface area contributed by atoms with Gasteiger partial charge in [0.15, 0.2) is 0 Å². The molecule has 0 bridgehead atoms. The molecule has 0 radical (unpaired) electrons. The zero-order valence-corrected chi connectivity index (χ0v) is 17.4. The number of aliphatic imine (C=N–C) groups is 1. The quantitative estimate of drug-likeness (QED) is 0.606. The molecule has 6 nitrogen and oxygen atoms in total. The average molecular weight is 452 g/mol. The maximum atomic E-state index is 13.1. The summed E-state index contributed by atoms with van der Waals surface area (Å²) >= 11 is 0. The normalized spacial score (nSPS) is 15.9. The Kier molecular flexibility index (Phi) is 5.87. The predicted octanol–water partition coefficient (Wildman–Crippen LogP) is 4.67. The van der Waals surface area contributed by atoms with E-state index in [1.165, 1.54) is 17.0 Å². The van der Waals surface area contributed by atoms with Gasteiger partial charge in [-0.05, 0) is 24.3 Å². The number of para-hydroxylation sites is 1. The van der Waals surface area contributed by atoms with Crippen molar-refractivity contribution in [3.63, 3.8) is 0 Å². The maximum Gasteiger partial charge on any atom is 0.416 e. The number of likely N-dealkylation sites (N-methyl/N-ethyl adjacent to an activating group) is 1. The maximum absolute atomic E-state index is 13.1. The van der Waals surface area contributed by atoms with E-state index < -0.39 is 29.8 Å². The minimum absolute atomic E-state index is 0.0627. The zero-order chi connectivity index (χ0) is 23.6. The van der Waals surface area contributed by atoms with Crippen LogP contribution in [0.3, 0.4) is 0 Å². The number of urea groups is 1. The summed E-state index contributed by atoms with van der Waals surface area (Å²) in [6.07, 6.45) is -5.84. The SMILES string of the molecule is CN1C(=O)C(NC(=O)Nc2cccc(C(F)(F)F)c2)N=C(c2ccccc2)c2ccccc21. The minimum Gasteiger partial charge on any atom is -0.311 e. The highest BCUT2D eigenvalue weighted by Gasteiger charge is 2.32. The first kappa shape index (κ1) is 22.1. The molecule has 0 spiro atoms. The summed E-state index contributed by atoms with van der Waals surface area (Å²) in [6, 6.07) is 19.8. The van der Waals surface area contributed by atoms with Crippen LogP contribution in [0.1, 0.15) is 16.7 Å². The van der Waals surface area contributed by atoms with E-state index in [1.807, 2.05) is 42.5 Å². The van der Waals surface area contributed by atoms with Crippen LogP contribution in [-0.2, 0) is 11.0 Å². The average Bonchev–Trinajstić information content (AvgIpc) is 2.90. The smallest absolute Gasteiger partial charge is 0.311 e. The molecule has 2 N–H and O–H groups in total. The monoisotopic (exact) mass is 452 g/mol. The van der Waals surface area contributed by atoms with Gasteiger partial charge in [0.05, 0.1) is 17.0 Å². The molecule has 33 heavy (non-hydrogen) atoms. The van der Waals surface area contributed by atoms with E-state index >= 15 is 0 Å². The van der Waals surface area contributed by atoms with Crippen LogP contribution in [-0.4, -0.2) is 30.9 Å². The standard InChI is InChI=1S/C24H19F3N4O2/c1-31-19-13-6-5-12-18(19)20(15-8-3-2-4-9-15)29-21(22(31)32)30-23(33)28-17-11-7-10-16(14-17)24(25,26)27/h2-14,21H,1H3,(H2,28,30,33). The molecule has 0 aromatic heterocycles. The third-order valence-corrected chi connectivity index (χ3v) is 5.11. The van der Waals surface area contributed by atoms with E-state index in [9.17, 15) is 22.8 Å². The molecule has 0 saturated carbocycles. The second kappa shape index (κ2) is 8.78. The van der Waals surface area contributed by atoms with Crippen molar-refractivity contribution >= 4 is 29.0 Å². The number of carbonyl (C=O) groups is 2. The highest BCUT2D eigenvalue weighted by molar-refractivity contribution is 6.20. The number of hydrogen-bond acceptors (Lipinski definition) is 3. The lowest BCUT2D eigenvalue weighted by Crippen LogP contribution is -2.47. The topological polar surface area (TPSA) is 73.8 Å². The van der Waals surface area contributed by atoms with Gasteiger partial charge in [-0.2, -0.15) is 13.2 Å². The summed E-state index contributed by atoms with van der Waals surface area (Å²) in [5.74, 6) is -0.493. The van der Waals surface area contributed by atoms with Crippen molar-refractivity contribution in [3.05, 3.63) is 95.6 Å². The second-order valence-corrected chi connectivity index (χ2v) is 7.34. The van der Waals surface area contributed by atoms with Crippen LogP contribution in [0.5, 0.6) is 0 Å². The summed E-state index contributed by atoms with van der Waals surface area (Å²) in [7, 11) is 1.57. The third kappa shape index (κ3) is 4.72. The summed E-state index contributed by atoms with van der Waals surface area (Å²) in [6.45, 7) is 0. The molecule has 9 heteroatoms. The van der Waals surface area contributed by atoms with E-state index in [4.69, 9.17) is 0 Å². The molecule has 0 fully saturated rings. The first-order valence-corrected chi connectivity index (χ1v) is 9.99. The van der Waals surface area contributed by atoms with Crippen molar-refractivity contribution in [1.29, 1.82) is 0 Å². The molecule has 1 heterocycles. The third-order valence-electron chi connectivity index (χ3n) is 5.11. The van der Waals surface area contributed by atoms with Crippen molar-refractivity contribution in [2.75, 3.05) is 17.3 Å². The molecule has 3 aromatic rings. The Morgan fingerprint density at radius 1 is 0.970 bits per heavy atom. The number of benzodiazepines with no additional fused rings is 1. The first-order valence-electron chi connectivity index (χ1n) is 9.99. The van der Waals surface area contributed by atoms with E-state index in [-0.39, 0.29) is 5.69 Å².